The molecule has 0 bridgehead atoms. The van der Waals surface area contributed by atoms with Crippen molar-refractivity contribution in [1.29, 1.82) is 0 Å². The average molecular weight is 609 g/mol. The van der Waals surface area contributed by atoms with E-state index in [2.05, 4.69) is 41.8 Å². The summed E-state index contributed by atoms with van der Waals surface area (Å²) >= 11 is 6.79. The van der Waals surface area contributed by atoms with Crippen molar-refractivity contribution in [3.8, 4) is 11.5 Å². The Balaban J connectivity index is 0.000000227. The minimum atomic E-state index is -0.0155. The molecular weight excluding hydrogens is 591 g/mol. The molecule has 4 aromatic rings. The maximum atomic E-state index is 11.4. The summed E-state index contributed by atoms with van der Waals surface area (Å²) in [5, 5.41) is 22.8. The fourth-order valence-corrected chi connectivity index (χ4v) is 3.34. The van der Waals surface area contributed by atoms with E-state index >= 15 is 0 Å². The Morgan fingerprint density at radius 3 is 1.21 bits per heavy atom. The molecule has 0 aromatic heterocycles. The number of rotatable bonds is 4. The van der Waals surface area contributed by atoms with Gasteiger partial charge < -0.3 is 10.2 Å². The molecule has 168 valence electrons. The third-order valence-electron chi connectivity index (χ3n) is 4.23. The van der Waals surface area contributed by atoms with Crippen molar-refractivity contribution >= 4 is 55.7 Å². The molecule has 7 heteroatoms. The second-order valence-corrected chi connectivity index (χ2v) is 8.20. The topological polar surface area (TPSA) is 70.8 Å². The fraction of sp³-hybridized carbons (Fsp3) is 0. The van der Waals surface area contributed by atoms with E-state index in [9.17, 15) is 10.2 Å². The normalized spacial score (nSPS) is 10.5. The molecule has 0 heterocycles. The number of para-hydroxylation sites is 4. The molecule has 33 heavy (non-hydrogen) atoms. The van der Waals surface area contributed by atoms with E-state index in [0.29, 0.717) is 11.1 Å². The van der Waals surface area contributed by atoms with E-state index in [1.165, 1.54) is 12.1 Å². The van der Waals surface area contributed by atoms with E-state index < -0.39 is 0 Å². The molecule has 0 atom stereocenters. The quantitative estimate of drug-likeness (QED) is 0.195. The molecule has 0 saturated heterocycles. The summed E-state index contributed by atoms with van der Waals surface area (Å²) < 4.78 is 1.82. The molecule has 0 fully saturated rings. The first-order valence-electron chi connectivity index (χ1n) is 9.64. The number of aliphatic imine (C=N–C) groups is 2. The molecule has 4 rings (SSSR count). The van der Waals surface area contributed by atoms with Crippen LogP contribution in [0.3, 0.4) is 0 Å². The van der Waals surface area contributed by atoms with E-state index in [4.69, 9.17) is 0 Å². The van der Waals surface area contributed by atoms with E-state index in [1.54, 1.807) is 36.7 Å². The first-order valence-corrected chi connectivity index (χ1v) is 11.2. The Kier molecular flexibility index (Phi) is 11.0. The molecule has 0 aliphatic carbocycles. The summed E-state index contributed by atoms with van der Waals surface area (Å²) in [6.07, 6.45) is 3.17. The van der Waals surface area contributed by atoms with Crippen molar-refractivity contribution in [2.24, 2.45) is 9.98 Å². The number of nitrogens with zero attached hydrogens (tertiary/aromatic N) is 2. The largest absolute Gasteiger partial charge is 2.00 e. The van der Waals surface area contributed by atoms with Gasteiger partial charge in [-0.15, -0.1) is 11.5 Å². The average Bonchev–Trinajstić information content (AvgIpc) is 2.80. The van der Waals surface area contributed by atoms with Gasteiger partial charge in [0, 0.05) is 21.4 Å². The van der Waals surface area contributed by atoms with Crippen LogP contribution in [0.25, 0.3) is 0 Å². The van der Waals surface area contributed by atoms with Crippen molar-refractivity contribution in [2.45, 2.75) is 0 Å². The molecule has 0 unspecified atom stereocenters. The SMILES string of the molecule is [Ni+2].[O-]c1ccccc1C=Nc1ccccc1Br.[O-]c1ccccc1C=Nc1ccccc1Br. The van der Waals surface area contributed by atoms with Crippen LogP contribution in [-0.2, 0) is 16.5 Å². The monoisotopic (exact) mass is 606 g/mol. The minimum Gasteiger partial charge on any atom is -0.872 e. The van der Waals surface area contributed by atoms with Crippen LogP contribution in [0.1, 0.15) is 11.1 Å². The summed E-state index contributed by atoms with van der Waals surface area (Å²) in [5.74, 6) is -0.0309. The van der Waals surface area contributed by atoms with Crippen LogP contribution >= 0.6 is 31.9 Å². The second kappa shape index (κ2) is 13.7. The first kappa shape index (κ1) is 26.5. The molecule has 4 nitrogen and oxygen atoms in total. The van der Waals surface area contributed by atoms with E-state index in [1.807, 2.05) is 60.7 Å². The van der Waals surface area contributed by atoms with Crippen LogP contribution in [0.4, 0.5) is 11.4 Å². The Bertz CT molecular complexity index is 1050. The van der Waals surface area contributed by atoms with Crippen LogP contribution < -0.4 is 10.2 Å². The molecule has 0 radical (unpaired) electrons. The van der Waals surface area contributed by atoms with Gasteiger partial charge in [0.15, 0.2) is 0 Å². The van der Waals surface area contributed by atoms with Crippen LogP contribution in [0, 0.1) is 0 Å². The molecule has 0 aliphatic heterocycles. The fourth-order valence-electron chi connectivity index (χ4n) is 2.57. The predicted molar refractivity (Wildman–Crippen MR) is 135 cm³/mol. The van der Waals surface area contributed by atoms with Crippen LogP contribution in [0.2, 0.25) is 0 Å². The van der Waals surface area contributed by atoms with Gasteiger partial charge >= 0.3 is 16.5 Å². The predicted octanol–water partition coefficient (Wildman–Crippen LogP) is 6.54. The van der Waals surface area contributed by atoms with Crippen molar-refractivity contribution in [3.05, 3.63) is 117 Å². The summed E-state index contributed by atoms with van der Waals surface area (Å²) in [4.78, 5) is 8.53. The van der Waals surface area contributed by atoms with E-state index in [-0.39, 0.29) is 28.0 Å². The molecule has 0 N–H and O–H groups in total. The Hall–Kier alpha value is -2.73. The van der Waals surface area contributed by atoms with E-state index in [0.717, 1.165) is 20.3 Å². The van der Waals surface area contributed by atoms with Gasteiger partial charge in [-0.25, -0.2) is 0 Å². The molecule has 0 spiro atoms. The Labute approximate surface area is 219 Å². The summed E-state index contributed by atoms with van der Waals surface area (Å²) in [6.45, 7) is 0. The van der Waals surface area contributed by atoms with Gasteiger partial charge in [0.2, 0.25) is 0 Å². The van der Waals surface area contributed by atoms with Gasteiger partial charge in [0.05, 0.1) is 11.4 Å². The summed E-state index contributed by atoms with van der Waals surface area (Å²) in [7, 11) is 0. The van der Waals surface area contributed by atoms with Crippen molar-refractivity contribution < 1.29 is 26.7 Å². The van der Waals surface area contributed by atoms with Crippen LogP contribution in [0.5, 0.6) is 11.5 Å². The second-order valence-electron chi connectivity index (χ2n) is 6.49. The van der Waals surface area contributed by atoms with Crippen molar-refractivity contribution in [1.82, 2.24) is 0 Å². The molecule has 4 aromatic carbocycles. The minimum absolute atomic E-state index is 0. The Morgan fingerprint density at radius 1 is 0.515 bits per heavy atom. The smallest absolute Gasteiger partial charge is 0.872 e. The van der Waals surface area contributed by atoms with Crippen LogP contribution in [0.15, 0.2) is 116 Å². The van der Waals surface area contributed by atoms with Gasteiger partial charge in [-0.1, -0.05) is 72.8 Å². The van der Waals surface area contributed by atoms with Gasteiger partial charge in [-0.2, -0.15) is 0 Å². The molecular formula is C26H18Br2N2NiO2. The molecule has 0 aliphatic rings. The zero-order chi connectivity index (χ0) is 22.8. The Morgan fingerprint density at radius 2 is 0.848 bits per heavy atom. The number of benzene rings is 4. The van der Waals surface area contributed by atoms with Gasteiger partial charge in [-0.05, 0) is 67.3 Å². The summed E-state index contributed by atoms with van der Waals surface area (Å²) in [6, 6.07) is 28.9. The molecule has 0 amide bonds. The molecule has 0 saturated carbocycles. The third kappa shape index (κ3) is 8.28. The van der Waals surface area contributed by atoms with Crippen molar-refractivity contribution in [2.75, 3.05) is 0 Å². The maximum absolute atomic E-state index is 11.4. The first-order chi connectivity index (χ1) is 15.5. The van der Waals surface area contributed by atoms with Gasteiger partial charge in [0.25, 0.3) is 0 Å². The maximum Gasteiger partial charge on any atom is 2.00 e. The number of hydrogen-bond donors (Lipinski definition) is 0. The third-order valence-corrected chi connectivity index (χ3v) is 5.57. The van der Waals surface area contributed by atoms with Crippen LogP contribution in [-0.4, -0.2) is 12.4 Å². The van der Waals surface area contributed by atoms with Gasteiger partial charge in [0.1, 0.15) is 0 Å². The van der Waals surface area contributed by atoms with Gasteiger partial charge in [-0.3, -0.25) is 9.98 Å². The number of hydrogen-bond acceptors (Lipinski definition) is 4. The zero-order valence-electron chi connectivity index (χ0n) is 17.2. The standard InChI is InChI=1S/2C13H10BrNO.Ni/c2*14-11-6-2-3-7-12(11)15-9-10-5-1-4-8-13(10)16;/h2*1-9,16H;/q;;+2/p-2. The summed E-state index contributed by atoms with van der Waals surface area (Å²) in [5.41, 5.74) is 2.81. The zero-order valence-corrected chi connectivity index (χ0v) is 21.3. The van der Waals surface area contributed by atoms with Crippen molar-refractivity contribution in [3.63, 3.8) is 0 Å². The number of halogens is 2.